The number of aromatic nitrogens is 2. The van der Waals surface area contributed by atoms with E-state index in [1.807, 2.05) is 0 Å². The van der Waals surface area contributed by atoms with Crippen LogP contribution in [-0.2, 0) is 0 Å². The molecule has 0 spiro atoms. The van der Waals surface area contributed by atoms with E-state index in [9.17, 15) is 14.5 Å². The first-order valence-corrected chi connectivity index (χ1v) is 5.88. The third-order valence-electron chi connectivity index (χ3n) is 2.12. The van der Waals surface area contributed by atoms with Crippen molar-refractivity contribution in [1.29, 1.82) is 0 Å². The van der Waals surface area contributed by atoms with E-state index >= 15 is 0 Å². The molecule has 0 saturated carbocycles. The van der Waals surface area contributed by atoms with E-state index in [2.05, 4.69) is 25.9 Å². The van der Waals surface area contributed by atoms with E-state index in [0.29, 0.717) is 10.4 Å². The highest BCUT2D eigenvalue weighted by atomic mass is 79.9. The van der Waals surface area contributed by atoms with Crippen molar-refractivity contribution in [2.75, 3.05) is 0 Å². The summed E-state index contributed by atoms with van der Waals surface area (Å²) in [7, 11) is 0. The number of ether oxygens (including phenoxy) is 1. The van der Waals surface area contributed by atoms with Gasteiger partial charge in [-0.05, 0) is 28.9 Å². The number of aryl methyl sites for hydroxylation is 1. The number of hydrogen-bond acceptors (Lipinski definition) is 5. The van der Waals surface area contributed by atoms with Crippen molar-refractivity contribution in [2.45, 2.75) is 6.92 Å². The minimum Gasteiger partial charge on any atom is -0.432 e. The number of benzene rings is 1. The summed E-state index contributed by atoms with van der Waals surface area (Å²) >= 11 is 3.15. The molecule has 0 amide bonds. The monoisotopic (exact) mass is 327 g/mol. The van der Waals surface area contributed by atoms with Crippen LogP contribution in [0.1, 0.15) is 5.82 Å². The van der Waals surface area contributed by atoms with Gasteiger partial charge in [-0.3, -0.25) is 10.1 Å². The van der Waals surface area contributed by atoms with Crippen molar-refractivity contribution in [3.63, 3.8) is 0 Å². The zero-order valence-corrected chi connectivity index (χ0v) is 11.2. The fourth-order valence-corrected chi connectivity index (χ4v) is 1.84. The summed E-state index contributed by atoms with van der Waals surface area (Å²) in [5.41, 5.74) is -0.339. The van der Waals surface area contributed by atoms with Crippen LogP contribution >= 0.6 is 15.9 Å². The van der Waals surface area contributed by atoms with Gasteiger partial charge >= 0.3 is 5.69 Å². The van der Waals surface area contributed by atoms with Crippen molar-refractivity contribution in [1.82, 2.24) is 9.97 Å². The molecule has 1 heterocycles. The Morgan fingerprint density at radius 1 is 1.37 bits per heavy atom. The van der Waals surface area contributed by atoms with Crippen molar-refractivity contribution in [3.05, 3.63) is 50.6 Å². The summed E-state index contributed by atoms with van der Waals surface area (Å²) in [6.45, 7) is 1.64. The highest BCUT2D eigenvalue weighted by Crippen LogP contribution is 2.31. The number of nitro benzene ring substituents is 1. The van der Waals surface area contributed by atoms with Crippen molar-refractivity contribution < 1.29 is 14.1 Å². The molecule has 0 aliphatic heterocycles. The van der Waals surface area contributed by atoms with Gasteiger partial charge in [0.15, 0.2) is 0 Å². The van der Waals surface area contributed by atoms with Gasteiger partial charge in [0.05, 0.1) is 4.92 Å². The first-order chi connectivity index (χ1) is 8.95. The molecule has 0 aliphatic carbocycles. The van der Waals surface area contributed by atoms with Gasteiger partial charge < -0.3 is 4.74 Å². The maximum atomic E-state index is 13.1. The van der Waals surface area contributed by atoms with Gasteiger partial charge in [-0.15, -0.1) is 0 Å². The Morgan fingerprint density at radius 3 is 2.74 bits per heavy atom. The fraction of sp³-hybridized carbons (Fsp3) is 0.0909. The Bertz CT molecular complexity index is 631. The van der Waals surface area contributed by atoms with Gasteiger partial charge in [0.1, 0.15) is 16.2 Å². The standard InChI is InChI=1S/C11H7BrFN3O3/c1-6-14-10(12)5-11(15-6)19-9-4-7(13)2-3-8(9)16(17)18/h2-5H,1H3. The zero-order chi connectivity index (χ0) is 14.0. The summed E-state index contributed by atoms with van der Waals surface area (Å²) in [5.74, 6) is -0.336. The second-order valence-corrected chi connectivity index (χ2v) is 4.36. The average molecular weight is 328 g/mol. The molecule has 0 radical (unpaired) electrons. The molecule has 6 nitrogen and oxygen atoms in total. The van der Waals surface area contributed by atoms with Crippen LogP contribution in [0, 0.1) is 22.9 Å². The topological polar surface area (TPSA) is 78.2 Å². The van der Waals surface area contributed by atoms with E-state index < -0.39 is 10.7 Å². The van der Waals surface area contributed by atoms with E-state index in [0.717, 1.165) is 18.2 Å². The molecule has 0 saturated heterocycles. The maximum Gasteiger partial charge on any atom is 0.311 e. The minimum absolute atomic E-state index is 0.0908. The molecular weight excluding hydrogens is 321 g/mol. The van der Waals surface area contributed by atoms with E-state index in [1.54, 1.807) is 6.92 Å². The number of nitrogens with zero attached hydrogens (tertiary/aromatic N) is 3. The van der Waals surface area contributed by atoms with Gasteiger partial charge in [0, 0.05) is 18.2 Å². The second kappa shape index (κ2) is 5.27. The van der Waals surface area contributed by atoms with Gasteiger partial charge in [0.2, 0.25) is 11.6 Å². The molecule has 1 aromatic carbocycles. The lowest BCUT2D eigenvalue weighted by molar-refractivity contribution is -0.385. The zero-order valence-electron chi connectivity index (χ0n) is 9.63. The predicted molar refractivity (Wildman–Crippen MR) is 67.6 cm³/mol. The van der Waals surface area contributed by atoms with Crippen LogP contribution in [0.4, 0.5) is 10.1 Å². The van der Waals surface area contributed by atoms with Crippen LogP contribution in [0.2, 0.25) is 0 Å². The van der Waals surface area contributed by atoms with Gasteiger partial charge in [-0.1, -0.05) is 0 Å². The Labute approximate surface area is 115 Å². The number of rotatable bonds is 3. The molecule has 0 bridgehead atoms. The van der Waals surface area contributed by atoms with Crippen LogP contribution in [0.5, 0.6) is 11.6 Å². The number of halogens is 2. The predicted octanol–water partition coefficient (Wildman–Crippen LogP) is 3.39. The minimum atomic E-state index is -0.655. The Kier molecular flexibility index (Phi) is 3.70. The Morgan fingerprint density at radius 2 is 2.11 bits per heavy atom. The van der Waals surface area contributed by atoms with E-state index in [4.69, 9.17) is 4.74 Å². The lowest BCUT2D eigenvalue weighted by Crippen LogP contribution is -1.97. The van der Waals surface area contributed by atoms with Gasteiger partial charge in [-0.25, -0.2) is 9.37 Å². The smallest absolute Gasteiger partial charge is 0.311 e. The quantitative estimate of drug-likeness (QED) is 0.490. The van der Waals surface area contributed by atoms with Crippen molar-refractivity contribution >= 4 is 21.6 Å². The SMILES string of the molecule is Cc1nc(Br)cc(Oc2cc(F)ccc2[N+](=O)[O-])n1. The van der Waals surface area contributed by atoms with Gasteiger partial charge in [-0.2, -0.15) is 4.98 Å². The van der Waals surface area contributed by atoms with Crippen LogP contribution in [0.25, 0.3) is 0 Å². The molecular formula is C11H7BrFN3O3. The van der Waals surface area contributed by atoms with Crippen LogP contribution in [0.15, 0.2) is 28.9 Å². The molecule has 0 fully saturated rings. The van der Waals surface area contributed by atoms with Crippen LogP contribution in [0.3, 0.4) is 0 Å². The van der Waals surface area contributed by atoms with Gasteiger partial charge in [0.25, 0.3) is 0 Å². The Balaban J connectivity index is 2.42. The summed E-state index contributed by atoms with van der Waals surface area (Å²) in [6, 6.07) is 4.39. The first kappa shape index (κ1) is 13.3. The highest BCUT2D eigenvalue weighted by Gasteiger charge is 2.17. The molecule has 0 atom stereocenters. The van der Waals surface area contributed by atoms with Crippen molar-refractivity contribution in [3.8, 4) is 11.6 Å². The van der Waals surface area contributed by atoms with E-state index in [1.165, 1.54) is 6.07 Å². The molecule has 8 heteroatoms. The molecule has 1 aromatic heterocycles. The highest BCUT2D eigenvalue weighted by molar-refractivity contribution is 9.10. The summed E-state index contributed by atoms with van der Waals surface area (Å²) in [4.78, 5) is 18.1. The molecule has 98 valence electrons. The maximum absolute atomic E-state index is 13.1. The Hall–Kier alpha value is -2.09. The largest absolute Gasteiger partial charge is 0.432 e. The molecule has 0 unspecified atom stereocenters. The van der Waals surface area contributed by atoms with Crippen LogP contribution < -0.4 is 4.74 Å². The number of hydrogen-bond donors (Lipinski definition) is 0. The normalized spacial score (nSPS) is 10.3. The summed E-state index contributed by atoms with van der Waals surface area (Å²) in [6.07, 6.45) is 0. The first-order valence-electron chi connectivity index (χ1n) is 5.08. The molecule has 0 N–H and O–H groups in total. The summed E-state index contributed by atoms with van der Waals surface area (Å²) in [5, 5.41) is 10.8. The number of nitro groups is 1. The lowest BCUT2D eigenvalue weighted by atomic mass is 10.3. The molecule has 19 heavy (non-hydrogen) atoms. The third-order valence-corrected chi connectivity index (χ3v) is 2.52. The fourth-order valence-electron chi connectivity index (χ4n) is 1.39. The average Bonchev–Trinajstić information content (AvgIpc) is 2.26. The summed E-state index contributed by atoms with van der Waals surface area (Å²) < 4.78 is 18.8. The molecule has 0 aliphatic rings. The van der Waals surface area contributed by atoms with E-state index in [-0.39, 0.29) is 17.3 Å². The third kappa shape index (κ3) is 3.22. The second-order valence-electron chi connectivity index (χ2n) is 3.55. The van der Waals surface area contributed by atoms with Crippen molar-refractivity contribution in [2.24, 2.45) is 0 Å². The molecule has 2 rings (SSSR count). The molecule has 2 aromatic rings. The van der Waals surface area contributed by atoms with Crippen LogP contribution in [-0.4, -0.2) is 14.9 Å². The lowest BCUT2D eigenvalue weighted by Gasteiger charge is -2.06.